The van der Waals surface area contributed by atoms with Crippen molar-refractivity contribution in [1.29, 1.82) is 0 Å². The molecule has 1 aromatic rings. The Kier molecular flexibility index (Phi) is 5.99. The van der Waals surface area contributed by atoms with E-state index in [0.717, 1.165) is 38.8 Å². The van der Waals surface area contributed by atoms with E-state index in [-0.39, 0.29) is 15.8 Å². The number of carbonyl (C=O) groups excluding carboxylic acids is 1. The molecular weight excluding hydrogens is 362 g/mol. The normalized spacial score (nSPS) is 21.6. The van der Waals surface area contributed by atoms with Crippen LogP contribution in [-0.2, 0) is 14.8 Å². The number of nitrogens with zero attached hydrogens (tertiary/aromatic N) is 1. The molecule has 1 atom stereocenters. The Morgan fingerprint density at radius 1 is 1.32 bits per heavy atom. The number of rotatable bonds is 6. The number of hydrogen-bond acceptors (Lipinski definition) is 4. The summed E-state index contributed by atoms with van der Waals surface area (Å²) in [5, 5.41) is 6.26. The van der Waals surface area contributed by atoms with Gasteiger partial charge in [-0.2, -0.15) is 4.31 Å². The van der Waals surface area contributed by atoms with E-state index in [0.29, 0.717) is 31.1 Å². The molecule has 3 rings (SSSR count). The van der Waals surface area contributed by atoms with Crippen LogP contribution in [0, 0.1) is 5.92 Å². The third-order valence-electron chi connectivity index (χ3n) is 4.84. The molecule has 1 unspecified atom stereocenters. The van der Waals surface area contributed by atoms with E-state index >= 15 is 0 Å². The number of anilines is 1. The predicted octanol–water partition coefficient (Wildman–Crippen LogP) is 2.45. The van der Waals surface area contributed by atoms with Crippen molar-refractivity contribution in [1.82, 2.24) is 9.62 Å². The molecule has 2 heterocycles. The van der Waals surface area contributed by atoms with E-state index in [4.69, 9.17) is 11.6 Å². The number of amides is 1. The summed E-state index contributed by atoms with van der Waals surface area (Å²) >= 11 is 6.12. The number of sulfonamides is 1. The minimum Gasteiger partial charge on any atom is -0.326 e. The van der Waals surface area contributed by atoms with Crippen LogP contribution in [-0.4, -0.2) is 44.8 Å². The highest BCUT2D eigenvalue weighted by Gasteiger charge is 2.29. The van der Waals surface area contributed by atoms with Crippen molar-refractivity contribution in [3.63, 3.8) is 0 Å². The smallest absolute Gasteiger partial charge is 0.244 e. The average molecular weight is 386 g/mol. The van der Waals surface area contributed by atoms with Crippen LogP contribution in [0.1, 0.15) is 32.1 Å². The van der Waals surface area contributed by atoms with Crippen LogP contribution in [0.2, 0.25) is 5.02 Å². The summed E-state index contributed by atoms with van der Waals surface area (Å²) in [6, 6.07) is 4.63. The first kappa shape index (κ1) is 18.6. The molecule has 2 saturated heterocycles. The summed E-state index contributed by atoms with van der Waals surface area (Å²) in [6.45, 7) is 3.02. The van der Waals surface area contributed by atoms with Crippen LogP contribution < -0.4 is 10.6 Å². The van der Waals surface area contributed by atoms with Gasteiger partial charge in [0.2, 0.25) is 15.9 Å². The highest BCUT2D eigenvalue weighted by atomic mass is 35.5. The van der Waals surface area contributed by atoms with Gasteiger partial charge < -0.3 is 10.6 Å². The highest BCUT2D eigenvalue weighted by Crippen LogP contribution is 2.29. The van der Waals surface area contributed by atoms with E-state index in [2.05, 4.69) is 10.6 Å². The molecule has 2 fully saturated rings. The van der Waals surface area contributed by atoms with Crippen molar-refractivity contribution in [2.24, 2.45) is 5.92 Å². The second kappa shape index (κ2) is 8.03. The minimum atomic E-state index is -3.61. The zero-order chi connectivity index (χ0) is 17.9. The van der Waals surface area contributed by atoms with Crippen molar-refractivity contribution < 1.29 is 13.2 Å². The van der Waals surface area contributed by atoms with Crippen LogP contribution in [0.4, 0.5) is 5.69 Å². The second-order valence-corrected chi connectivity index (χ2v) is 9.02. The molecule has 2 N–H and O–H groups in total. The summed E-state index contributed by atoms with van der Waals surface area (Å²) < 4.78 is 26.9. The molecule has 0 spiro atoms. The van der Waals surface area contributed by atoms with Crippen LogP contribution in [0.5, 0.6) is 0 Å². The van der Waals surface area contributed by atoms with E-state index in [9.17, 15) is 13.2 Å². The maximum Gasteiger partial charge on any atom is 0.244 e. The molecule has 0 radical (unpaired) electrons. The monoisotopic (exact) mass is 385 g/mol. The Morgan fingerprint density at radius 3 is 2.76 bits per heavy atom. The first-order valence-corrected chi connectivity index (χ1v) is 10.6. The van der Waals surface area contributed by atoms with Gasteiger partial charge in [0.15, 0.2) is 0 Å². The van der Waals surface area contributed by atoms with Gasteiger partial charge in [-0.3, -0.25) is 4.79 Å². The number of hydrogen-bond donors (Lipinski definition) is 2. The quantitative estimate of drug-likeness (QED) is 0.788. The topological polar surface area (TPSA) is 78.5 Å². The van der Waals surface area contributed by atoms with E-state index in [1.165, 1.54) is 16.4 Å². The van der Waals surface area contributed by atoms with Gasteiger partial charge >= 0.3 is 0 Å². The average Bonchev–Trinajstić information content (AvgIpc) is 3.28. The van der Waals surface area contributed by atoms with Crippen molar-refractivity contribution in [2.45, 2.75) is 37.0 Å². The second-order valence-electron chi connectivity index (χ2n) is 6.70. The minimum absolute atomic E-state index is 0.0638. The molecule has 2 aliphatic rings. The Bertz CT molecular complexity index is 727. The standard InChI is InChI=1S/C17H24ClN3O3S/c18-15-5-4-14(20-17(22)6-3-13-7-8-19-12-13)11-16(15)25(23,24)21-9-1-2-10-21/h4-5,11,13,19H,1-3,6-10,12H2,(H,20,22). The Hall–Kier alpha value is -1.15. The van der Waals surface area contributed by atoms with Gasteiger partial charge in [-0.15, -0.1) is 0 Å². The van der Waals surface area contributed by atoms with Gasteiger partial charge in [0.1, 0.15) is 4.90 Å². The summed E-state index contributed by atoms with van der Waals surface area (Å²) in [5.74, 6) is 0.445. The summed E-state index contributed by atoms with van der Waals surface area (Å²) in [7, 11) is -3.61. The number of halogens is 1. The molecule has 1 amide bonds. The lowest BCUT2D eigenvalue weighted by Gasteiger charge is -2.17. The molecule has 6 nitrogen and oxygen atoms in total. The number of nitrogens with one attached hydrogen (secondary N) is 2. The van der Waals surface area contributed by atoms with E-state index in [1.807, 2.05) is 0 Å². The molecule has 0 bridgehead atoms. The third kappa shape index (κ3) is 4.53. The van der Waals surface area contributed by atoms with Crippen LogP contribution in [0.15, 0.2) is 23.1 Å². The van der Waals surface area contributed by atoms with Gasteiger partial charge in [0.05, 0.1) is 5.02 Å². The Balaban J connectivity index is 1.67. The molecule has 138 valence electrons. The lowest BCUT2D eigenvalue weighted by Crippen LogP contribution is -2.28. The van der Waals surface area contributed by atoms with Crippen LogP contribution in [0.3, 0.4) is 0 Å². The molecule has 0 aromatic heterocycles. The molecule has 2 aliphatic heterocycles. The zero-order valence-electron chi connectivity index (χ0n) is 14.1. The zero-order valence-corrected chi connectivity index (χ0v) is 15.7. The van der Waals surface area contributed by atoms with E-state index in [1.54, 1.807) is 6.07 Å². The summed E-state index contributed by atoms with van der Waals surface area (Å²) in [6.07, 6.45) is 4.10. The SMILES string of the molecule is O=C(CCC1CCNC1)Nc1ccc(Cl)c(S(=O)(=O)N2CCCC2)c1. The van der Waals surface area contributed by atoms with Crippen molar-refractivity contribution >= 4 is 33.2 Å². The molecule has 0 saturated carbocycles. The molecular formula is C17H24ClN3O3S. The molecule has 0 aliphatic carbocycles. The maximum absolute atomic E-state index is 12.7. The summed E-state index contributed by atoms with van der Waals surface area (Å²) in [4.78, 5) is 12.2. The fourth-order valence-corrected chi connectivity index (χ4v) is 5.38. The fraction of sp³-hybridized carbons (Fsp3) is 0.588. The number of benzene rings is 1. The highest BCUT2D eigenvalue weighted by molar-refractivity contribution is 7.89. The van der Waals surface area contributed by atoms with Crippen molar-refractivity contribution in [3.05, 3.63) is 23.2 Å². The van der Waals surface area contributed by atoms with Gasteiger partial charge in [0.25, 0.3) is 0 Å². The van der Waals surface area contributed by atoms with E-state index < -0.39 is 10.0 Å². The Labute approximate surface area is 154 Å². The lowest BCUT2D eigenvalue weighted by atomic mass is 10.0. The third-order valence-corrected chi connectivity index (χ3v) is 7.22. The molecule has 25 heavy (non-hydrogen) atoms. The maximum atomic E-state index is 12.7. The van der Waals surface area contributed by atoms with Crippen molar-refractivity contribution in [3.8, 4) is 0 Å². The Morgan fingerprint density at radius 2 is 2.08 bits per heavy atom. The van der Waals surface area contributed by atoms with Gasteiger partial charge in [-0.05, 0) is 62.9 Å². The first-order chi connectivity index (χ1) is 12.0. The van der Waals surface area contributed by atoms with Gasteiger partial charge in [-0.1, -0.05) is 11.6 Å². The van der Waals surface area contributed by atoms with Gasteiger partial charge in [0, 0.05) is 25.2 Å². The van der Waals surface area contributed by atoms with Crippen molar-refractivity contribution in [2.75, 3.05) is 31.5 Å². The fourth-order valence-electron chi connectivity index (χ4n) is 3.37. The molecule has 1 aromatic carbocycles. The molecule has 8 heteroatoms. The summed E-state index contributed by atoms with van der Waals surface area (Å²) in [5.41, 5.74) is 0.469. The van der Waals surface area contributed by atoms with Gasteiger partial charge in [-0.25, -0.2) is 8.42 Å². The van der Waals surface area contributed by atoms with Crippen LogP contribution in [0.25, 0.3) is 0 Å². The van der Waals surface area contributed by atoms with Crippen LogP contribution >= 0.6 is 11.6 Å². The predicted molar refractivity (Wildman–Crippen MR) is 98.3 cm³/mol. The lowest BCUT2D eigenvalue weighted by molar-refractivity contribution is -0.116. The first-order valence-electron chi connectivity index (χ1n) is 8.77. The number of carbonyl (C=O) groups is 1. The largest absolute Gasteiger partial charge is 0.326 e.